The quantitative estimate of drug-likeness (QED) is 0.397. The summed E-state index contributed by atoms with van der Waals surface area (Å²) in [7, 11) is 0. The van der Waals surface area contributed by atoms with Gasteiger partial charge in [0.2, 0.25) is 0 Å². The molecule has 0 aromatic heterocycles. The van der Waals surface area contributed by atoms with Crippen LogP contribution in [0, 0.1) is 0 Å². The van der Waals surface area contributed by atoms with Crippen molar-refractivity contribution in [2.45, 2.75) is 65.2 Å². The number of unbranched alkanes of at least 4 members (excludes halogenated alkanes) is 6. The molecule has 0 heterocycles. The summed E-state index contributed by atoms with van der Waals surface area (Å²) >= 11 is 0. The smallest absolute Gasteiger partial charge is 0.00144 e. The van der Waals surface area contributed by atoms with Crippen LogP contribution in [0.4, 0.5) is 0 Å². The molecular weight excluding hydrogens is 182 g/mol. The lowest BCUT2D eigenvalue weighted by Gasteiger charge is -1.98. The zero-order valence-electron chi connectivity index (χ0n) is 10.7. The maximum Gasteiger partial charge on any atom is -0.00144 e. The standard InChI is InChI=1S/C14H29N/c1-3-5-6-7-8-9-10-11-12-13-14-15-4-2/h11-12,15H,3-10,13-14H2,1-2H3. The van der Waals surface area contributed by atoms with Gasteiger partial charge in [-0.15, -0.1) is 0 Å². The van der Waals surface area contributed by atoms with Crippen molar-refractivity contribution in [3.63, 3.8) is 0 Å². The van der Waals surface area contributed by atoms with Gasteiger partial charge in [0.25, 0.3) is 0 Å². The molecule has 0 spiro atoms. The molecule has 15 heavy (non-hydrogen) atoms. The van der Waals surface area contributed by atoms with E-state index in [0.29, 0.717) is 0 Å². The molecule has 0 aliphatic heterocycles. The first-order valence-electron chi connectivity index (χ1n) is 6.77. The van der Waals surface area contributed by atoms with Crippen LogP contribution in [-0.4, -0.2) is 13.1 Å². The lowest BCUT2D eigenvalue weighted by atomic mass is 10.1. The molecule has 0 saturated heterocycles. The van der Waals surface area contributed by atoms with E-state index in [0.717, 1.165) is 13.1 Å². The first kappa shape index (κ1) is 14.7. The highest BCUT2D eigenvalue weighted by atomic mass is 14.8. The average molecular weight is 211 g/mol. The summed E-state index contributed by atoms with van der Waals surface area (Å²) in [5.74, 6) is 0. The van der Waals surface area contributed by atoms with Crippen LogP contribution in [0.1, 0.15) is 65.2 Å². The number of hydrogen-bond donors (Lipinski definition) is 1. The molecule has 0 saturated carbocycles. The zero-order valence-corrected chi connectivity index (χ0v) is 10.7. The van der Waals surface area contributed by atoms with Crippen molar-refractivity contribution in [3.05, 3.63) is 12.2 Å². The van der Waals surface area contributed by atoms with Crippen molar-refractivity contribution in [1.29, 1.82) is 0 Å². The van der Waals surface area contributed by atoms with Crippen molar-refractivity contribution >= 4 is 0 Å². The highest BCUT2D eigenvalue weighted by molar-refractivity contribution is 4.81. The van der Waals surface area contributed by atoms with E-state index in [1.807, 2.05) is 0 Å². The Labute approximate surface area is 96.3 Å². The highest BCUT2D eigenvalue weighted by Gasteiger charge is 1.87. The van der Waals surface area contributed by atoms with Gasteiger partial charge in [-0.3, -0.25) is 0 Å². The number of allylic oxidation sites excluding steroid dienone is 1. The molecule has 0 rings (SSSR count). The maximum atomic E-state index is 3.32. The Kier molecular flexibility index (Phi) is 13.4. The van der Waals surface area contributed by atoms with Crippen LogP contribution in [-0.2, 0) is 0 Å². The van der Waals surface area contributed by atoms with Crippen LogP contribution >= 0.6 is 0 Å². The molecule has 1 nitrogen and oxygen atoms in total. The predicted molar refractivity (Wildman–Crippen MR) is 70.3 cm³/mol. The first-order chi connectivity index (χ1) is 7.41. The van der Waals surface area contributed by atoms with Gasteiger partial charge in [-0.1, -0.05) is 58.1 Å². The Morgan fingerprint density at radius 2 is 1.47 bits per heavy atom. The Morgan fingerprint density at radius 3 is 2.20 bits per heavy atom. The van der Waals surface area contributed by atoms with E-state index in [4.69, 9.17) is 0 Å². The lowest BCUT2D eigenvalue weighted by Crippen LogP contribution is -2.12. The zero-order chi connectivity index (χ0) is 11.2. The molecule has 0 unspecified atom stereocenters. The molecule has 0 radical (unpaired) electrons. The maximum absolute atomic E-state index is 3.32. The molecule has 0 atom stereocenters. The van der Waals surface area contributed by atoms with Gasteiger partial charge >= 0.3 is 0 Å². The third kappa shape index (κ3) is 13.7. The Balaban J connectivity index is 2.96. The summed E-state index contributed by atoms with van der Waals surface area (Å²) in [4.78, 5) is 0. The van der Waals surface area contributed by atoms with E-state index in [1.165, 1.54) is 51.4 Å². The van der Waals surface area contributed by atoms with Crippen LogP contribution in [0.2, 0.25) is 0 Å². The van der Waals surface area contributed by atoms with E-state index in [2.05, 4.69) is 31.3 Å². The van der Waals surface area contributed by atoms with E-state index in [9.17, 15) is 0 Å². The van der Waals surface area contributed by atoms with E-state index >= 15 is 0 Å². The minimum Gasteiger partial charge on any atom is -0.317 e. The minimum absolute atomic E-state index is 1.09. The van der Waals surface area contributed by atoms with E-state index in [1.54, 1.807) is 0 Å². The minimum atomic E-state index is 1.09. The summed E-state index contributed by atoms with van der Waals surface area (Å²) in [6.07, 6.45) is 15.5. The van der Waals surface area contributed by atoms with Crippen molar-refractivity contribution in [2.24, 2.45) is 0 Å². The second kappa shape index (κ2) is 13.7. The molecule has 0 bridgehead atoms. The molecule has 0 fully saturated rings. The normalized spacial score (nSPS) is 11.3. The molecule has 1 heteroatoms. The topological polar surface area (TPSA) is 12.0 Å². The molecule has 0 amide bonds. The van der Waals surface area contributed by atoms with E-state index < -0.39 is 0 Å². The summed E-state index contributed by atoms with van der Waals surface area (Å²) < 4.78 is 0. The molecule has 0 aliphatic rings. The fourth-order valence-corrected chi connectivity index (χ4v) is 1.64. The van der Waals surface area contributed by atoms with Gasteiger partial charge in [-0.05, 0) is 32.4 Å². The van der Waals surface area contributed by atoms with Gasteiger partial charge in [-0.2, -0.15) is 0 Å². The third-order valence-corrected chi connectivity index (χ3v) is 2.63. The SMILES string of the molecule is CCCCCCCCC=CCCNCC. The molecule has 90 valence electrons. The van der Waals surface area contributed by atoms with Crippen LogP contribution < -0.4 is 5.32 Å². The Morgan fingerprint density at radius 1 is 0.800 bits per heavy atom. The van der Waals surface area contributed by atoms with Crippen LogP contribution in [0.5, 0.6) is 0 Å². The van der Waals surface area contributed by atoms with Gasteiger partial charge in [0.15, 0.2) is 0 Å². The molecular formula is C14H29N. The van der Waals surface area contributed by atoms with Gasteiger partial charge < -0.3 is 5.32 Å². The van der Waals surface area contributed by atoms with Crippen molar-refractivity contribution < 1.29 is 0 Å². The fraction of sp³-hybridized carbons (Fsp3) is 0.857. The van der Waals surface area contributed by atoms with Crippen LogP contribution in [0.25, 0.3) is 0 Å². The summed E-state index contributed by atoms with van der Waals surface area (Å²) in [5.41, 5.74) is 0. The molecule has 1 N–H and O–H groups in total. The predicted octanol–water partition coefficient (Wildman–Crippen LogP) is 4.29. The Hall–Kier alpha value is -0.300. The number of nitrogens with one attached hydrogen (secondary N) is 1. The fourth-order valence-electron chi connectivity index (χ4n) is 1.64. The molecule has 0 aromatic rings. The van der Waals surface area contributed by atoms with Gasteiger partial charge in [0, 0.05) is 0 Å². The highest BCUT2D eigenvalue weighted by Crippen LogP contribution is 2.07. The van der Waals surface area contributed by atoms with Crippen molar-refractivity contribution in [3.8, 4) is 0 Å². The average Bonchev–Trinajstić information content (AvgIpc) is 2.26. The summed E-state index contributed by atoms with van der Waals surface area (Å²) in [6.45, 7) is 6.64. The first-order valence-corrected chi connectivity index (χ1v) is 6.77. The van der Waals surface area contributed by atoms with Crippen LogP contribution in [0.15, 0.2) is 12.2 Å². The van der Waals surface area contributed by atoms with Crippen molar-refractivity contribution in [2.75, 3.05) is 13.1 Å². The second-order valence-electron chi connectivity index (χ2n) is 4.17. The van der Waals surface area contributed by atoms with Crippen LogP contribution in [0.3, 0.4) is 0 Å². The lowest BCUT2D eigenvalue weighted by molar-refractivity contribution is 0.611. The largest absolute Gasteiger partial charge is 0.317 e. The molecule has 0 aromatic carbocycles. The van der Waals surface area contributed by atoms with E-state index in [-0.39, 0.29) is 0 Å². The van der Waals surface area contributed by atoms with Gasteiger partial charge in [0.1, 0.15) is 0 Å². The monoisotopic (exact) mass is 211 g/mol. The summed E-state index contributed by atoms with van der Waals surface area (Å²) in [5, 5.41) is 3.32. The number of rotatable bonds is 11. The summed E-state index contributed by atoms with van der Waals surface area (Å²) in [6, 6.07) is 0. The van der Waals surface area contributed by atoms with Gasteiger partial charge in [-0.25, -0.2) is 0 Å². The number of hydrogen-bond acceptors (Lipinski definition) is 1. The Bertz CT molecular complexity index is 129. The molecule has 0 aliphatic carbocycles. The van der Waals surface area contributed by atoms with Crippen molar-refractivity contribution in [1.82, 2.24) is 5.32 Å². The van der Waals surface area contributed by atoms with Gasteiger partial charge in [0.05, 0.1) is 0 Å². The second-order valence-corrected chi connectivity index (χ2v) is 4.17. The third-order valence-electron chi connectivity index (χ3n) is 2.63.